The molecule has 0 amide bonds. The summed E-state index contributed by atoms with van der Waals surface area (Å²) in [6.07, 6.45) is 1.18. The van der Waals surface area contributed by atoms with E-state index in [0.29, 0.717) is 5.92 Å². The van der Waals surface area contributed by atoms with Gasteiger partial charge in [0.1, 0.15) is 0 Å². The molecule has 0 aromatic heterocycles. The van der Waals surface area contributed by atoms with Crippen molar-refractivity contribution >= 4 is 12.4 Å². The molecule has 1 aliphatic rings. The maximum absolute atomic E-state index is 3.44. The molecule has 3 N–H and O–H groups in total. The normalized spacial score (nSPS) is 19.6. The Hall–Kier alpha value is -0.570. The van der Waals surface area contributed by atoms with Crippen LogP contribution in [0.15, 0.2) is 24.3 Å². The number of hydrogen-bond donors (Lipinski definition) is 1. The van der Waals surface area contributed by atoms with Crippen LogP contribution in [-0.2, 0) is 6.42 Å². The highest BCUT2D eigenvalue weighted by molar-refractivity contribution is 5.85. The summed E-state index contributed by atoms with van der Waals surface area (Å²) < 4.78 is 0. The summed E-state index contributed by atoms with van der Waals surface area (Å²) in [4.78, 5) is 0. The Kier molecular flexibility index (Phi) is 5.77. The summed E-state index contributed by atoms with van der Waals surface area (Å²) in [5.74, 6) is 0.670. The summed E-state index contributed by atoms with van der Waals surface area (Å²) in [6, 6.07) is 8.78. The predicted octanol–water partition coefficient (Wildman–Crippen LogP) is 1.53. The number of benzene rings is 1. The molecule has 80 valence electrons. The van der Waals surface area contributed by atoms with E-state index in [1.54, 1.807) is 0 Å². The van der Waals surface area contributed by atoms with Gasteiger partial charge < -0.3 is 10.8 Å². The first-order valence-corrected chi connectivity index (χ1v) is 4.66. The van der Waals surface area contributed by atoms with Crippen molar-refractivity contribution in [2.24, 2.45) is 0 Å². The van der Waals surface area contributed by atoms with Crippen LogP contribution in [0.5, 0.6) is 0 Å². The summed E-state index contributed by atoms with van der Waals surface area (Å²) in [5.41, 5.74) is 3.05. The molecule has 0 saturated carbocycles. The minimum absolute atomic E-state index is 0. The molecule has 0 bridgehead atoms. The van der Waals surface area contributed by atoms with Gasteiger partial charge in [-0.15, -0.1) is 12.4 Å². The lowest BCUT2D eigenvalue weighted by molar-refractivity contribution is 0.644. The topological polar surface area (TPSA) is 43.5 Å². The van der Waals surface area contributed by atoms with Crippen LogP contribution in [0.4, 0.5) is 0 Å². The van der Waals surface area contributed by atoms with Gasteiger partial charge in [0.05, 0.1) is 0 Å². The standard InChI is InChI=1S/C11H15N.ClH.H2O/c1-9-8-12-7-6-10-4-2-3-5-11(9)10;;/h2-5,9,12H,6-8H2,1H3;1H;1H2. The molecule has 2 rings (SSSR count). The van der Waals surface area contributed by atoms with Crippen LogP contribution in [-0.4, -0.2) is 18.6 Å². The first-order valence-electron chi connectivity index (χ1n) is 4.66. The fraction of sp³-hybridized carbons (Fsp3) is 0.455. The molecule has 1 aromatic carbocycles. The second-order valence-electron chi connectivity index (χ2n) is 3.55. The second kappa shape index (κ2) is 6.02. The molecule has 1 atom stereocenters. The molecule has 2 nitrogen and oxygen atoms in total. The van der Waals surface area contributed by atoms with Crippen LogP contribution >= 0.6 is 12.4 Å². The van der Waals surface area contributed by atoms with E-state index in [-0.39, 0.29) is 17.9 Å². The molecule has 1 aliphatic heterocycles. The van der Waals surface area contributed by atoms with Gasteiger partial charge in [-0.3, -0.25) is 0 Å². The van der Waals surface area contributed by atoms with Crippen molar-refractivity contribution < 1.29 is 5.48 Å². The Bertz CT molecular complexity index is 278. The van der Waals surface area contributed by atoms with Crippen LogP contribution in [0.3, 0.4) is 0 Å². The third kappa shape index (κ3) is 2.71. The molecular formula is C11H18ClNO. The predicted molar refractivity (Wildman–Crippen MR) is 62.3 cm³/mol. The number of fused-ring (bicyclic) bond motifs is 1. The van der Waals surface area contributed by atoms with Gasteiger partial charge in [-0.25, -0.2) is 0 Å². The van der Waals surface area contributed by atoms with Crippen molar-refractivity contribution in [3.8, 4) is 0 Å². The lowest BCUT2D eigenvalue weighted by atomic mass is 9.96. The highest BCUT2D eigenvalue weighted by Crippen LogP contribution is 2.21. The maximum atomic E-state index is 3.44. The molecule has 0 radical (unpaired) electrons. The number of rotatable bonds is 0. The highest BCUT2D eigenvalue weighted by atomic mass is 35.5. The molecule has 1 unspecified atom stereocenters. The van der Waals surface area contributed by atoms with E-state index in [0.717, 1.165) is 13.1 Å². The Labute approximate surface area is 91.4 Å². The number of nitrogens with one attached hydrogen (secondary N) is 1. The zero-order valence-electron chi connectivity index (χ0n) is 8.42. The van der Waals surface area contributed by atoms with Gasteiger partial charge >= 0.3 is 0 Å². The minimum atomic E-state index is 0. The van der Waals surface area contributed by atoms with Gasteiger partial charge in [0.25, 0.3) is 0 Å². The van der Waals surface area contributed by atoms with E-state index >= 15 is 0 Å². The molecule has 1 aromatic rings. The Balaban J connectivity index is 0.000000845. The Morgan fingerprint density at radius 3 is 2.79 bits per heavy atom. The van der Waals surface area contributed by atoms with Gasteiger partial charge in [0.15, 0.2) is 0 Å². The lowest BCUT2D eigenvalue weighted by Gasteiger charge is -2.10. The molecule has 14 heavy (non-hydrogen) atoms. The van der Waals surface area contributed by atoms with Gasteiger partial charge in [-0.1, -0.05) is 31.2 Å². The zero-order valence-corrected chi connectivity index (χ0v) is 9.23. The lowest BCUT2D eigenvalue weighted by Crippen LogP contribution is -2.18. The minimum Gasteiger partial charge on any atom is -0.412 e. The zero-order chi connectivity index (χ0) is 8.39. The number of halogens is 1. The quantitative estimate of drug-likeness (QED) is 0.701. The summed E-state index contributed by atoms with van der Waals surface area (Å²) >= 11 is 0. The fourth-order valence-corrected chi connectivity index (χ4v) is 1.89. The summed E-state index contributed by atoms with van der Waals surface area (Å²) in [7, 11) is 0. The molecule has 0 aliphatic carbocycles. The molecule has 0 fully saturated rings. The SMILES string of the molecule is CC1CNCCc2ccccc21.Cl.O. The van der Waals surface area contributed by atoms with E-state index < -0.39 is 0 Å². The first-order chi connectivity index (χ1) is 5.88. The smallest absolute Gasteiger partial charge is 0.00177 e. The van der Waals surface area contributed by atoms with E-state index in [1.165, 1.54) is 17.5 Å². The van der Waals surface area contributed by atoms with Crippen molar-refractivity contribution in [1.82, 2.24) is 5.32 Å². The average Bonchev–Trinajstić information content (AvgIpc) is 2.29. The van der Waals surface area contributed by atoms with Gasteiger partial charge in [-0.05, 0) is 30.0 Å². The molecule has 0 spiro atoms. The largest absolute Gasteiger partial charge is 0.412 e. The molecule has 0 saturated heterocycles. The van der Waals surface area contributed by atoms with Gasteiger partial charge in [0.2, 0.25) is 0 Å². The van der Waals surface area contributed by atoms with E-state index in [2.05, 4.69) is 36.5 Å². The molecule has 3 heteroatoms. The van der Waals surface area contributed by atoms with Crippen molar-refractivity contribution in [2.45, 2.75) is 19.3 Å². The Morgan fingerprint density at radius 2 is 2.00 bits per heavy atom. The van der Waals surface area contributed by atoms with E-state index in [4.69, 9.17) is 0 Å². The van der Waals surface area contributed by atoms with Crippen LogP contribution in [0.1, 0.15) is 24.0 Å². The van der Waals surface area contributed by atoms with Crippen LogP contribution in [0.2, 0.25) is 0 Å². The Morgan fingerprint density at radius 1 is 1.29 bits per heavy atom. The van der Waals surface area contributed by atoms with Gasteiger partial charge in [0, 0.05) is 6.54 Å². The maximum Gasteiger partial charge on any atom is 0.00177 e. The fourth-order valence-electron chi connectivity index (χ4n) is 1.89. The third-order valence-electron chi connectivity index (χ3n) is 2.61. The number of hydrogen-bond acceptors (Lipinski definition) is 1. The van der Waals surface area contributed by atoms with Crippen molar-refractivity contribution in [3.05, 3.63) is 35.4 Å². The highest BCUT2D eigenvalue weighted by Gasteiger charge is 2.12. The van der Waals surface area contributed by atoms with Crippen molar-refractivity contribution in [1.29, 1.82) is 0 Å². The summed E-state index contributed by atoms with van der Waals surface area (Å²) in [6.45, 7) is 4.54. The van der Waals surface area contributed by atoms with Crippen LogP contribution in [0.25, 0.3) is 0 Å². The summed E-state index contributed by atoms with van der Waals surface area (Å²) in [5, 5.41) is 3.44. The van der Waals surface area contributed by atoms with Crippen molar-refractivity contribution in [2.75, 3.05) is 13.1 Å². The van der Waals surface area contributed by atoms with E-state index in [9.17, 15) is 0 Å². The van der Waals surface area contributed by atoms with Gasteiger partial charge in [-0.2, -0.15) is 0 Å². The van der Waals surface area contributed by atoms with Crippen molar-refractivity contribution in [3.63, 3.8) is 0 Å². The molecular weight excluding hydrogens is 198 g/mol. The average molecular weight is 216 g/mol. The molecule has 1 heterocycles. The van der Waals surface area contributed by atoms with E-state index in [1.807, 2.05) is 0 Å². The van der Waals surface area contributed by atoms with Crippen LogP contribution in [0, 0.1) is 0 Å². The third-order valence-corrected chi connectivity index (χ3v) is 2.61. The van der Waals surface area contributed by atoms with Crippen LogP contribution < -0.4 is 5.32 Å². The monoisotopic (exact) mass is 215 g/mol. The first kappa shape index (κ1) is 13.4. The second-order valence-corrected chi connectivity index (χ2v) is 3.55.